The van der Waals surface area contributed by atoms with Gasteiger partial charge in [-0.25, -0.2) is 4.39 Å². The molecule has 98 valence electrons. The van der Waals surface area contributed by atoms with Crippen molar-refractivity contribution >= 4 is 17.3 Å². The third-order valence-electron chi connectivity index (χ3n) is 2.68. The number of primary amides is 1. The average molecular weight is 259 g/mol. The number of halogens is 1. The summed E-state index contributed by atoms with van der Waals surface area (Å²) in [5.41, 5.74) is 13.0. The highest BCUT2D eigenvalue weighted by Crippen LogP contribution is 2.19. The molecule has 0 spiro atoms. The standard InChI is InChI=1S/C14H14FN3O/c15-10-3-1-2-9(6-10)8-18-13-5-4-11(16)7-12(13)14(17)19/h1-7,18H,8,16H2,(H2,17,19). The number of rotatable bonds is 4. The first kappa shape index (κ1) is 12.9. The Hall–Kier alpha value is -2.56. The first-order chi connectivity index (χ1) is 9.06. The fourth-order valence-corrected chi connectivity index (χ4v) is 1.76. The molecule has 0 radical (unpaired) electrons. The minimum absolute atomic E-state index is 0.299. The Balaban J connectivity index is 2.17. The van der Waals surface area contributed by atoms with Gasteiger partial charge in [0, 0.05) is 17.9 Å². The lowest BCUT2D eigenvalue weighted by Crippen LogP contribution is -2.15. The van der Waals surface area contributed by atoms with Crippen LogP contribution in [0.3, 0.4) is 0 Å². The van der Waals surface area contributed by atoms with Crippen LogP contribution >= 0.6 is 0 Å². The van der Waals surface area contributed by atoms with Gasteiger partial charge in [-0.05, 0) is 35.9 Å². The number of amides is 1. The molecule has 0 saturated carbocycles. The first-order valence-electron chi connectivity index (χ1n) is 5.74. The van der Waals surface area contributed by atoms with E-state index in [0.29, 0.717) is 23.5 Å². The van der Waals surface area contributed by atoms with E-state index in [1.807, 2.05) is 0 Å². The van der Waals surface area contributed by atoms with E-state index in [4.69, 9.17) is 11.5 Å². The highest BCUT2D eigenvalue weighted by atomic mass is 19.1. The minimum atomic E-state index is -0.561. The predicted molar refractivity (Wildman–Crippen MR) is 73.1 cm³/mol. The fraction of sp³-hybridized carbons (Fsp3) is 0.0714. The molecule has 0 aromatic heterocycles. The number of carbonyl (C=O) groups is 1. The van der Waals surface area contributed by atoms with Crippen LogP contribution in [0.4, 0.5) is 15.8 Å². The number of nitrogens with one attached hydrogen (secondary N) is 1. The maximum atomic E-state index is 13.0. The van der Waals surface area contributed by atoms with Crippen molar-refractivity contribution in [3.05, 3.63) is 59.4 Å². The second kappa shape index (κ2) is 5.39. The lowest BCUT2D eigenvalue weighted by Gasteiger charge is -2.11. The van der Waals surface area contributed by atoms with Gasteiger partial charge >= 0.3 is 0 Å². The van der Waals surface area contributed by atoms with Gasteiger partial charge in [-0.2, -0.15) is 0 Å². The SMILES string of the molecule is NC(=O)c1cc(N)ccc1NCc1cccc(F)c1. The molecule has 0 aliphatic rings. The summed E-state index contributed by atoms with van der Waals surface area (Å²) in [7, 11) is 0. The van der Waals surface area contributed by atoms with Crippen LogP contribution < -0.4 is 16.8 Å². The molecule has 19 heavy (non-hydrogen) atoms. The van der Waals surface area contributed by atoms with E-state index >= 15 is 0 Å². The third-order valence-corrected chi connectivity index (χ3v) is 2.68. The Kier molecular flexibility index (Phi) is 3.66. The van der Waals surface area contributed by atoms with Crippen molar-refractivity contribution in [3.8, 4) is 0 Å². The maximum Gasteiger partial charge on any atom is 0.250 e. The molecule has 0 unspecified atom stereocenters. The Morgan fingerprint density at radius 1 is 1.21 bits per heavy atom. The molecule has 5 heteroatoms. The lowest BCUT2D eigenvalue weighted by atomic mass is 10.1. The van der Waals surface area contributed by atoms with Crippen LogP contribution in [0.15, 0.2) is 42.5 Å². The largest absolute Gasteiger partial charge is 0.399 e. The van der Waals surface area contributed by atoms with Crippen molar-refractivity contribution in [2.24, 2.45) is 5.73 Å². The summed E-state index contributed by atoms with van der Waals surface area (Å²) in [5, 5.41) is 3.04. The van der Waals surface area contributed by atoms with E-state index in [-0.39, 0.29) is 5.82 Å². The summed E-state index contributed by atoms with van der Waals surface area (Å²) >= 11 is 0. The van der Waals surface area contributed by atoms with Crippen LogP contribution in [-0.4, -0.2) is 5.91 Å². The smallest absolute Gasteiger partial charge is 0.250 e. The fourth-order valence-electron chi connectivity index (χ4n) is 1.76. The number of hydrogen-bond donors (Lipinski definition) is 3. The molecule has 2 rings (SSSR count). The van der Waals surface area contributed by atoms with Gasteiger partial charge in [0.1, 0.15) is 5.82 Å². The molecule has 2 aromatic rings. The van der Waals surface area contributed by atoms with Gasteiger partial charge in [-0.1, -0.05) is 12.1 Å². The van der Waals surface area contributed by atoms with Crippen molar-refractivity contribution in [1.29, 1.82) is 0 Å². The summed E-state index contributed by atoms with van der Waals surface area (Å²) < 4.78 is 13.0. The predicted octanol–water partition coefficient (Wildman–Crippen LogP) is 2.12. The molecule has 0 bridgehead atoms. The van der Waals surface area contributed by atoms with Crippen molar-refractivity contribution < 1.29 is 9.18 Å². The average Bonchev–Trinajstić information content (AvgIpc) is 2.37. The molecular weight excluding hydrogens is 245 g/mol. The van der Waals surface area contributed by atoms with Gasteiger partial charge in [0.15, 0.2) is 0 Å². The van der Waals surface area contributed by atoms with Crippen LogP contribution in [0.1, 0.15) is 15.9 Å². The minimum Gasteiger partial charge on any atom is -0.399 e. The molecule has 0 heterocycles. The summed E-state index contributed by atoms with van der Waals surface area (Å²) in [4.78, 5) is 11.3. The first-order valence-corrected chi connectivity index (χ1v) is 5.74. The second-order valence-corrected chi connectivity index (χ2v) is 4.15. The Labute approximate surface area is 110 Å². The zero-order valence-corrected chi connectivity index (χ0v) is 10.2. The van der Waals surface area contributed by atoms with Crippen LogP contribution in [0.25, 0.3) is 0 Å². The summed E-state index contributed by atoms with van der Waals surface area (Å²) in [5.74, 6) is -0.860. The van der Waals surface area contributed by atoms with E-state index in [1.165, 1.54) is 18.2 Å². The molecule has 0 saturated heterocycles. The van der Waals surface area contributed by atoms with Gasteiger partial charge in [-0.3, -0.25) is 4.79 Å². The summed E-state index contributed by atoms with van der Waals surface area (Å²) in [6, 6.07) is 11.1. The summed E-state index contributed by atoms with van der Waals surface area (Å²) in [6.45, 7) is 0.391. The zero-order valence-electron chi connectivity index (χ0n) is 10.2. The Morgan fingerprint density at radius 3 is 2.68 bits per heavy atom. The zero-order chi connectivity index (χ0) is 13.8. The molecule has 1 amide bonds. The van der Waals surface area contributed by atoms with Crippen molar-refractivity contribution in [3.63, 3.8) is 0 Å². The van der Waals surface area contributed by atoms with Crippen LogP contribution in [0.5, 0.6) is 0 Å². The molecule has 0 fully saturated rings. The van der Waals surface area contributed by atoms with Gasteiger partial charge < -0.3 is 16.8 Å². The van der Waals surface area contributed by atoms with Crippen LogP contribution in [0.2, 0.25) is 0 Å². The lowest BCUT2D eigenvalue weighted by molar-refractivity contribution is 0.100. The number of carbonyl (C=O) groups excluding carboxylic acids is 1. The summed E-state index contributed by atoms with van der Waals surface area (Å²) in [6.07, 6.45) is 0. The topological polar surface area (TPSA) is 81.1 Å². The Morgan fingerprint density at radius 2 is 2.00 bits per heavy atom. The number of benzene rings is 2. The Bertz CT molecular complexity index is 613. The number of nitrogen functional groups attached to an aromatic ring is 1. The van der Waals surface area contributed by atoms with Gasteiger partial charge in [0.05, 0.1) is 5.56 Å². The van der Waals surface area contributed by atoms with Crippen molar-refractivity contribution in [2.75, 3.05) is 11.1 Å². The van der Waals surface area contributed by atoms with E-state index in [2.05, 4.69) is 5.32 Å². The van der Waals surface area contributed by atoms with E-state index in [9.17, 15) is 9.18 Å². The number of nitrogens with two attached hydrogens (primary N) is 2. The molecule has 5 N–H and O–H groups in total. The monoisotopic (exact) mass is 259 g/mol. The van der Waals surface area contributed by atoms with Crippen molar-refractivity contribution in [2.45, 2.75) is 6.54 Å². The normalized spacial score (nSPS) is 10.2. The second-order valence-electron chi connectivity index (χ2n) is 4.15. The molecule has 0 aliphatic heterocycles. The number of hydrogen-bond acceptors (Lipinski definition) is 3. The molecule has 2 aromatic carbocycles. The van der Waals surface area contributed by atoms with Crippen LogP contribution in [0, 0.1) is 5.82 Å². The third kappa shape index (κ3) is 3.22. The van der Waals surface area contributed by atoms with Crippen LogP contribution in [-0.2, 0) is 6.54 Å². The maximum absolute atomic E-state index is 13.0. The molecular formula is C14H14FN3O. The van der Waals surface area contributed by atoms with E-state index in [1.54, 1.807) is 24.3 Å². The van der Waals surface area contributed by atoms with Gasteiger partial charge in [0.2, 0.25) is 0 Å². The van der Waals surface area contributed by atoms with E-state index < -0.39 is 5.91 Å². The molecule has 0 aliphatic carbocycles. The van der Waals surface area contributed by atoms with Gasteiger partial charge in [-0.15, -0.1) is 0 Å². The highest BCUT2D eigenvalue weighted by Gasteiger charge is 2.08. The van der Waals surface area contributed by atoms with E-state index in [0.717, 1.165) is 5.56 Å². The molecule has 4 nitrogen and oxygen atoms in total. The van der Waals surface area contributed by atoms with Crippen molar-refractivity contribution in [1.82, 2.24) is 0 Å². The number of anilines is 2. The highest BCUT2D eigenvalue weighted by molar-refractivity contribution is 5.99. The quantitative estimate of drug-likeness (QED) is 0.736. The molecule has 0 atom stereocenters. The van der Waals surface area contributed by atoms with Gasteiger partial charge in [0.25, 0.3) is 5.91 Å².